The number of hydrogen-bond acceptors (Lipinski definition) is 6. The second-order valence-corrected chi connectivity index (χ2v) is 16.4. The van der Waals surface area contributed by atoms with Gasteiger partial charge in [-0.25, -0.2) is 0 Å². The van der Waals surface area contributed by atoms with E-state index >= 15 is 0 Å². The minimum atomic E-state index is -0.792. The minimum Gasteiger partial charge on any atom is -0.462 e. The fourth-order valence-electron chi connectivity index (χ4n) is 6.62. The van der Waals surface area contributed by atoms with Crippen molar-refractivity contribution in [2.75, 3.05) is 13.2 Å². The fourth-order valence-corrected chi connectivity index (χ4v) is 6.62. The first-order chi connectivity index (χ1) is 29.5. The molecular weight excluding hydrogens is 745 g/mol. The van der Waals surface area contributed by atoms with Gasteiger partial charge in [-0.2, -0.15) is 0 Å². The predicted octanol–water partition coefficient (Wildman–Crippen LogP) is 16.3. The van der Waals surface area contributed by atoms with Crippen molar-refractivity contribution >= 4 is 17.9 Å². The summed E-state index contributed by atoms with van der Waals surface area (Å²) in [6.45, 7) is 6.50. The Bertz CT molecular complexity index is 1140. The Hall–Kier alpha value is -3.15. The summed E-state index contributed by atoms with van der Waals surface area (Å²) in [5.41, 5.74) is 0. The van der Waals surface area contributed by atoms with E-state index in [0.717, 1.165) is 109 Å². The van der Waals surface area contributed by atoms with E-state index in [0.29, 0.717) is 19.3 Å². The molecule has 344 valence electrons. The lowest BCUT2D eigenvalue weighted by Crippen LogP contribution is -2.30. The molecule has 60 heavy (non-hydrogen) atoms. The Morgan fingerprint density at radius 2 is 0.617 bits per heavy atom. The van der Waals surface area contributed by atoms with Gasteiger partial charge >= 0.3 is 17.9 Å². The van der Waals surface area contributed by atoms with Crippen LogP contribution >= 0.6 is 0 Å². The molecule has 0 fully saturated rings. The number of carbonyl (C=O) groups is 3. The highest BCUT2D eigenvalue weighted by molar-refractivity contribution is 5.71. The van der Waals surface area contributed by atoms with Crippen molar-refractivity contribution in [1.29, 1.82) is 0 Å². The molecule has 0 rings (SSSR count). The van der Waals surface area contributed by atoms with Gasteiger partial charge in [0.2, 0.25) is 0 Å². The molecule has 0 saturated carbocycles. The molecule has 0 aliphatic heterocycles. The number of unbranched alkanes of at least 4 members (excludes halogenated alkanes) is 21. The smallest absolute Gasteiger partial charge is 0.306 e. The van der Waals surface area contributed by atoms with Crippen molar-refractivity contribution in [2.24, 2.45) is 0 Å². The minimum absolute atomic E-state index is 0.0909. The van der Waals surface area contributed by atoms with E-state index < -0.39 is 6.10 Å². The third-order valence-corrected chi connectivity index (χ3v) is 10.4. The first-order valence-electron chi connectivity index (χ1n) is 24.9. The molecule has 0 amide bonds. The van der Waals surface area contributed by atoms with Crippen LogP contribution < -0.4 is 0 Å². The highest BCUT2D eigenvalue weighted by Crippen LogP contribution is 2.13. The van der Waals surface area contributed by atoms with E-state index in [1.54, 1.807) is 0 Å². The van der Waals surface area contributed by atoms with Crippen molar-refractivity contribution in [3.05, 3.63) is 72.9 Å². The topological polar surface area (TPSA) is 78.9 Å². The maximum atomic E-state index is 12.7. The summed E-state index contributed by atoms with van der Waals surface area (Å²) in [4.78, 5) is 37.8. The Labute approximate surface area is 370 Å². The molecule has 0 radical (unpaired) electrons. The lowest BCUT2D eigenvalue weighted by Gasteiger charge is -2.18. The Balaban J connectivity index is 4.41. The second kappa shape index (κ2) is 48.5. The zero-order valence-corrected chi connectivity index (χ0v) is 39.2. The van der Waals surface area contributed by atoms with Crippen LogP contribution in [0.5, 0.6) is 0 Å². The van der Waals surface area contributed by atoms with Gasteiger partial charge in [0.1, 0.15) is 13.2 Å². The Morgan fingerprint density at radius 1 is 0.333 bits per heavy atom. The number of allylic oxidation sites excluding steroid dienone is 12. The van der Waals surface area contributed by atoms with Crippen molar-refractivity contribution < 1.29 is 28.6 Å². The third kappa shape index (κ3) is 45.9. The van der Waals surface area contributed by atoms with Crippen molar-refractivity contribution in [3.8, 4) is 0 Å². The van der Waals surface area contributed by atoms with E-state index in [4.69, 9.17) is 14.2 Å². The van der Waals surface area contributed by atoms with Gasteiger partial charge in [0.25, 0.3) is 0 Å². The average molecular weight is 837 g/mol. The molecule has 0 spiro atoms. The van der Waals surface area contributed by atoms with Gasteiger partial charge in [0, 0.05) is 19.3 Å². The Morgan fingerprint density at radius 3 is 1.03 bits per heavy atom. The third-order valence-electron chi connectivity index (χ3n) is 10.4. The SMILES string of the molecule is CCCC/C=C\C/C=C\CCCCCCCC(=O)O[C@@H](COC(=O)CCCCC/C=C\C/C=C\C/C=C\C/C=C\CCCCC)COC(=O)CCCCCCCCCCC. The summed E-state index contributed by atoms with van der Waals surface area (Å²) in [6, 6.07) is 0. The standard InChI is InChI=1S/C54H92O6/c1-4-7-10-13-16-19-21-23-25-26-27-28-29-31-32-35-38-41-44-47-53(56)59-50-51(49-58-52(55)46-43-40-37-34-18-15-12-9-6-3)60-54(57)48-45-42-39-36-33-30-24-22-20-17-14-11-8-5-2/h14,16-17,19,22-25,27-28,31-32,51H,4-13,15,18,20-21,26,29-30,33-50H2,1-3H3/b17-14-,19-16-,24-22-,25-23-,28-27-,32-31-/t51-/m1/s1. The predicted molar refractivity (Wildman–Crippen MR) is 256 cm³/mol. The van der Waals surface area contributed by atoms with Gasteiger partial charge < -0.3 is 14.2 Å². The van der Waals surface area contributed by atoms with Crippen LogP contribution in [0, 0.1) is 0 Å². The van der Waals surface area contributed by atoms with Crippen molar-refractivity contribution in [2.45, 2.75) is 239 Å². The van der Waals surface area contributed by atoms with Crippen LogP contribution in [-0.4, -0.2) is 37.2 Å². The molecule has 0 aromatic rings. The van der Waals surface area contributed by atoms with Crippen LogP contribution in [0.4, 0.5) is 0 Å². The molecule has 0 bridgehead atoms. The molecule has 0 heterocycles. The molecule has 0 saturated heterocycles. The summed E-state index contributed by atoms with van der Waals surface area (Å²) in [6.07, 6.45) is 60.3. The van der Waals surface area contributed by atoms with E-state index in [-0.39, 0.29) is 31.1 Å². The summed E-state index contributed by atoms with van der Waals surface area (Å²) >= 11 is 0. The van der Waals surface area contributed by atoms with Gasteiger partial charge in [0.05, 0.1) is 0 Å². The van der Waals surface area contributed by atoms with Gasteiger partial charge in [0.15, 0.2) is 6.10 Å². The largest absolute Gasteiger partial charge is 0.462 e. The van der Waals surface area contributed by atoms with Gasteiger partial charge in [-0.15, -0.1) is 0 Å². The summed E-state index contributed by atoms with van der Waals surface area (Å²) < 4.78 is 16.7. The monoisotopic (exact) mass is 837 g/mol. The highest BCUT2D eigenvalue weighted by Gasteiger charge is 2.19. The van der Waals surface area contributed by atoms with Crippen molar-refractivity contribution in [1.82, 2.24) is 0 Å². The fraction of sp³-hybridized carbons (Fsp3) is 0.722. The van der Waals surface area contributed by atoms with E-state index in [9.17, 15) is 14.4 Å². The van der Waals surface area contributed by atoms with Gasteiger partial charge in [-0.3, -0.25) is 14.4 Å². The van der Waals surface area contributed by atoms with Gasteiger partial charge in [-0.1, -0.05) is 196 Å². The van der Waals surface area contributed by atoms with Crippen LogP contribution in [0.2, 0.25) is 0 Å². The van der Waals surface area contributed by atoms with Crippen LogP contribution in [-0.2, 0) is 28.6 Å². The number of hydrogen-bond donors (Lipinski definition) is 0. The highest BCUT2D eigenvalue weighted by atomic mass is 16.6. The van der Waals surface area contributed by atoms with Crippen LogP contribution in [0.1, 0.15) is 233 Å². The number of ether oxygens (including phenoxy) is 3. The van der Waals surface area contributed by atoms with E-state index in [2.05, 4.69) is 93.7 Å². The van der Waals surface area contributed by atoms with E-state index in [1.807, 2.05) is 0 Å². The van der Waals surface area contributed by atoms with Crippen molar-refractivity contribution in [3.63, 3.8) is 0 Å². The van der Waals surface area contributed by atoms with Crippen LogP contribution in [0.15, 0.2) is 72.9 Å². The van der Waals surface area contributed by atoms with E-state index in [1.165, 1.54) is 83.5 Å². The molecule has 0 aromatic heterocycles. The Kier molecular flexibility index (Phi) is 46.0. The molecule has 0 unspecified atom stereocenters. The first kappa shape index (κ1) is 56.9. The lowest BCUT2D eigenvalue weighted by atomic mass is 10.1. The summed E-state index contributed by atoms with van der Waals surface area (Å²) in [7, 11) is 0. The second-order valence-electron chi connectivity index (χ2n) is 16.4. The zero-order chi connectivity index (χ0) is 43.7. The molecule has 0 N–H and O–H groups in total. The number of rotatable bonds is 44. The average Bonchev–Trinajstić information content (AvgIpc) is 3.24. The normalized spacial score (nSPS) is 12.7. The number of carbonyl (C=O) groups excluding carboxylic acids is 3. The maximum Gasteiger partial charge on any atom is 0.306 e. The molecule has 1 atom stereocenters. The molecular formula is C54H92O6. The first-order valence-corrected chi connectivity index (χ1v) is 24.9. The molecule has 6 heteroatoms. The zero-order valence-electron chi connectivity index (χ0n) is 39.2. The van der Waals surface area contributed by atoms with Crippen LogP contribution in [0.25, 0.3) is 0 Å². The van der Waals surface area contributed by atoms with Crippen LogP contribution in [0.3, 0.4) is 0 Å². The van der Waals surface area contributed by atoms with Gasteiger partial charge in [-0.05, 0) is 89.9 Å². The summed E-state index contributed by atoms with van der Waals surface area (Å²) in [5.74, 6) is -0.941. The number of esters is 3. The molecule has 0 aliphatic rings. The quantitative estimate of drug-likeness (QED) is 0.0263. The maximum absolute atomic E-state index is 12.7. The molecule has 0 aromatic carbocycles. The molecule has 6 nitrogen and oxygen atoms in total. The lowest BCUT2D eigenvalue weighted by molar-refractivity contribution is -0.167. The molecule has 0 aliphatic carbocycles. The summed E-state index contributed by atoms with van der Waals surface area (Å²) in [5, 5.41) is 0.